The van der Waals surface area contributed by atoms with Crippen molar-refractivity contribution in [2.75, 3.05) is 0 Å². The van der Waals surface area contributed by atoms with Crippen molar-refractivity contribution < 1.29 is 20.9 Å². The molecule has 0 saturated heterocycles. The van der Waals surface area contributed by atoms with Crippen LogP contribution < -0.4 is 4.74 Å². The number of fused-ring (bicyclic) bond motifs is 6. The van der Waals surface area contributed by atoms with Crippen LogP contribution in [-0.2, 0) is 0 Å². The molecule has 0 aromatic heterocycles. The fraction of sp³-hybridized carbons (Fsp3) is 0.0337. The van der Waals surface area contributed by atoms with Crippen LogP contribution in [0.2, 0.25) is 0 Å². The van der Waals surface area contributed by atoms with Crippen molar-refractivity contribution in [1.82, 2.24) is 0 Å². The second-order valence-corrected chi connectivity index (χ2v) is 23.5. The van der Waals surface area contributed by atoms with Gasteiger partial charge in [-0.15, -0.1) is 11.6 Å². The number of halogens is 1. The van der Waals surface area contributed by atoms with Gasteiger partial charge in [-0.25, -0.2) is 0 Å². The molecule has 0 saturated carbocycles. The standard InChI is InChI=1S/C44H30O2.C30H20O.C14H11ClO.CH4.H2/c45-43(32-14-3-1-4-15-32)44(33-16-5-2-6-17-33)46-36-27-25-31(26-28-36)41-37-19-9-11-21-39(37)42(40-22-12-10-20-38(40)41)35-24-23-30-13-7-8-18-34(30)29-35;31-24-17-15-21(16-18-24)29-25-9-3-5-11-27(25)30(28-12-6-4-10-26(28)29)23-14-13-20-7-1-2-8-22(20)19-23;15-13(11-7-3-1-4-8-11)14(16)12-9-5-2-6-10-12;;/h1-29,44H;1-19,31H;1-10,13H;1H4;1H/i;;;;1+1. The molecule has 4 nitrogen and oxygen atoms in total. The molecule has 5 heteroatoms. The zero-order chi connectivity index (χ0) is 63.0. The van der Waals surface area contributed by atoms with E-state index in [0.717, 1.165) is 22.3 Å². The largest absolute Gasteiger partial charge is 0.508 e. The van der Waals surface area contributed by atoms with Gasteiger partial charge in [0.1, 0.15) is 16.9 Å². The van der Waals surface area contributed by atoms with Gasteiger partial charge in [0.15, 0.2) is 11.9 Å². The molecule has 0 bridgehead atoms. The summed E-state index contributed by atoms with van der Waals surface area (Å²) in [6.45, 7) is 0. The van der Waals surface area contributed by atoms with Crippen LogP contribution >= 0.6 is 11.6 Å². The second-order valence-electron chi connectivity index (χ2n) is 23.0. The van der Waals surface area contributed by atoms with E-state index in [9.17, 15) is 14.7 Å². The van der Waals surface area contributed by atoms with Gasteiger partial charge < -0.3 is 9.84 Å². The molecule has 94 heavy (non-hydrogen) atoms. The third kappa shape index (κ3) is 12.6. The molecule has 16 aromatic carbocycles. The maximum atomic E-state index is 13.6. The van der Waals surface area contributed by atoms with Gasteiger partial charge in [-0.3, -0.25) is 9.59 Å². The molecule has 0 amide bonds. The Balaban J connectivity index is 0.000000152. The number of benzene rings is 16. The number of Topliss-reactive ketones (excluding diaryl/α,β-unsaturated/α-hetero) is 2. The van der Waals surface area contributed by atoms with E-state index in [1.165, 1.54) is 98.0 Å². The summed E-state index contributed by atoms with van der Waals surface area (Å²) in [4.78, 5) is 25.6. The van der Waals surface area contributed by atoms with E-state index in [4.69, 9.17) is 16.3 Å². The molecular weight excluding hydrogens is 1170 g/mol. The maximum absolute atomic E-state index is 13.6. The van der Waals surface area contributed by atoms with Gasteiger partial charge >= 0.3 is 0 Å². The number of rotatable bonds is 12. The van der Waals surface area contributed by atoms with E-state index < -0.39 is 11.5 Å². The van der Waals surface area contributed by atoms with Gasteiger partial charge in [0.05, 0.1) is 0 Å². The minimum Gasteiger partial charge on any atom is -0.508 e. The Morgan fingerprint density at radius 1 is 0.298 bits per heavy atom. The molecule has 2 unspecified atom stereocenters. The minimum atomic E-state index is -0.752. The zero-order valence-electron chi connectivity index (χ0n) is 50.7. The molecule has 0 spiro atoms. The fourth-order valence-electron chi connectivity index (χ4n) is 12.8. The molecule has 454 valence electrons. The number of alkyl halides is 1. The number of aromatic hydroxyl groups is 1. The Morgan fingerprint density at radius 3 is 0.968 bits per heavy atom. The summed E-state index contributed by atoms with van der Waals surface area (Å²) in [5.41, 5.74) is 12.4. The number of hydrogen-bond acceptors (Lipinski definition) is 4. The molecule has 0 aliphatic rings. The fourth-order valence-corrected chi connectivity index (χ4v) is 13.1. The van der Waals surface area contributed by atoms with E-state index >= 15 is 0 Å². The average molecular weight is 1240 g/mol. The predicted octanol–water partition coefficient (Wildman–Crippen LogP) is 24.4. The molecule has 1 N–H and O–H groups in total. The summed E-state index contributed by atoms with van der Waals surface area (Å²) in [6.07, 6.45) is -0.752. The molecule has 0 heterocycles. The lowest BCUT2D eigenvalue weighted by Gasteiger charge is -2.20. The highest BCUT2D eigenvalue weighted by atomic mass is 35.5. The molecule has 0 radical (unpaired) electrons. The number of phenols is 1. The molecule has 0 aliphatic carbocycles. The second kappa shape index (κ2) is 27.8. The molecule has 16 rings (SSSR count). The van der Waals surface area contributed by atoms with Crippen molar-refractivity contribution in [1.29, 1.82) is 0 Å². The van der Waals surface area contributed by atoms with Crippen molar-refractivity contribution in [2.45, 2.75) is 18.9 Å². The highest BCUT2D eigenvalue weighted by Crippen LogP contribution is 2.46. The number of ether oxygens (including phenoxy) is 1. The van der Waals surface area contributed by atoms with Crippen LogP contribution in [0, 0.1) is 0 Å². The lowest BCUT2D eigenvalue weighted by molar-refractivity contribution is 0.0792. The number of carbonyl (C=O) groups is 2. The van der Waals surface area contributed by atoms with Crippen LogP contribution in [0.25, 0.3) is 109 Å². The topological polar surface area (TPSA) is 63.6 Å². The average Bonchev–Trinajstić information content (AvgIpc) is 0.743. The monoisotopic (exact) mass is 1240 g/mol. The van der Waals surface area contributed by atoms with E-state index in [0.29, 0.717) is 16.9 Å². The van der Waals surface area contributed by atoms with Gasteiger partial charge in [0, 0.05) is 18.1 Å². The minimum absolute atomic E-state index is 0. The van der Waals surface area contributed by atoms with E-state index in [-0.39, 0.29) is 26.2 Å². The Hall–Kier alpha value is -11.7. The maximum Gasteiger partial charge on any atom is 0.207 e. The first kappa shape index (κ1) is 61.2. The van der Waals surface area contributed by atoms with Crippen molar-refractivity contribution in [3.63, 3.8) is 0 Å². The summed E-state index contributed by atoms with van der Waals surface area (Å²) in [5.74, 6) is 0.791. The van der Waals surface area contributed by atoms with Gasteiger partial charge in [0.2, 0.25) is 5.78 Å². The lowest BCUT2D eigenvalue weighted by atomic mass is 9.85. The van der Waals surface area contributed by atoms with Gasteiger partial charge in [-0.1, -0.05) is 323 Å². The number of hydrogen-bond donors (Lipinski definition) is 1. The predicted molar refractivity (Wildman–Crippen MR) is 397 cm³/mol. The van der Waals surface area contributed by atoms with Crippen LogP contribution in [0.1, 0.15) is 52.2 Å². The first-order valence-electron chi connectivity index (χ1n) is 31.2. The lowest BCUT2D eigenvalue weighted by Crippen LogP contribution is -2.19. The Labute approximate surface area is 554 Å². The Morgan fingerprint density at radius 2 is 0.585 bits per heavy atom. The van der Waals surface area contributed by atoms with Crippen LogP contribution in [0.5, 0.6) is 11.5 Å². The summed E-state index contributed by atoms with van der Waals surface area (Å²) < 4.78 is 6.45. The first-order valence-corrected chi connectivity index (χ1v) is 31.6. The van der Waals surface area contributed by atoms with Crippen LogP contribution in [0.15, 0.2) is 352 Å². The number of phenolic OH excluding ortho intramolecular Hbond substituents is 1. The van der Waals surface area contributed by atoms with E-state index in [2.05, 4.69) is 194 Å². The Kier molecular flexibility index (Phi) is 18.1. The van der Waals surface area contributed by atoms with Crippen LogP contribution in [-0.4, -0.2) is 16.7 Å². The summed E-state index contributed by atoms with van der Waals surface area (Å²) >= 11 is 6.14. The number of ketones is 2. The molecule has 2 atom stereocenters. The van der Waals surface area contributed by atoms with Gasteiger partial charge in [0.25, 0.3) is 0 Å². The molecule has 16 aromatic rings. The van der Waals surface area contributed by atoms with Gasteiger partial charge in [-0.05, 0) is 151 Å². The van der Waals surface area contributed by atoms with Crippen LogP contribution in [0.3, 0.4) is 0 Å². The SMILES string of the molecule is C.O=C(c1ccccc1)C(Cl)c1ccccc1.O=C(c1ccccc1)C(Oc1ccc(-c2c3ccccc3c(-c3ccc4ccccc4c3)c3ccccc23)cc1)c1ccccc1.Oc1ccc(-c2c3ccccc3c(-c3ccc4ccccc4c3)c3ccccc23)cc1.[2HH]. The summed E-state index contributed by atoms with van der Waals surface area (Å²) in [5, 5.41) is 23.9. The molecule has 0 fully saturated rings. The normalized spacial score (nSPS) is 11.6. The van der Waals surface area contributed by atoms with Crippen LogP contribution in [0.4, 0.5) is 0 Å². The van der Waals surface area contributed by atoms with E-state index in [1.807, 2.05) is 133 Å². The molecule has 0 aliphatic heterocycles. The van der Waals surface area contributed by atoms with Crippen molar-refractivity contribution in [2.24, 2.45) is 0 Å². The van der Waals surface area contributed by atoms with E-state index in [1.54, 1.807) is 24.3 Å². The smallest absolute Gasteiger partial charge is 0.207 e. The first-order chi connectivity index (χ1) is 45.8. The zero-order valence-corrected chi connectivity index (χ0v) is 51.4. The van der Waals surface area contributed by atoms with Crippen molar-refractivity contribution in [3.05, 3.63) is 374 Å². The van der Waals surface area contributed by atoms with Crippen molar-refractivity contribution >= 4 is 87.8 Å². The van der Waals surface area contributed by atoms with Gasteiger partial charge in [-0.2, -0.15) is 0 Å². The highest BCUT2D eigenvalue weighted by molar-refractivity contribution is 6.34. The quantitative estimate of drug-likeness (QED) is 0.0752. The third-order valence-corrected chi connectivity index (χ3v) is 17.7. The highest BCUT2D eigenvalue weighted by Gasteiger charge is 2.25. The summed E-state index contributed by atoms with van der Waals surface area (Å²) in [6, 6.07) is 118. The molecular formula is C89H67ClO4. The summed E-state index contributed by atoms with van der Waals surface area (Å²) in [7, 11) is 0. The number of carbonyl (C=O) groups excluding carboxylic acids is 2. The third-order valence-electron chi connectivity index (χ3n) is 17.3. The van der Waals surface area contributed by atoms with Crippen molar-refractivity contribution in [3.8, 4) is 56.0 Å². The Bertz CT molecular complexity index is 5240.